The molecule has 0 bridgehead atoms. The number of esters is 2. The zero-order valence-corrected chi connectivity index (χ0v) is 20.1. The molecule has 3 rings (SSSR count). The maximum absolute atomic E-state index is 12.6. The fraction of sp³-hybridized carbons (Fsp3) is 0.522. The van der Waals surface area contributed by atoms with Gasteiger partial charge in [-0.25, -0.2) is 9.97 Å². The standard InChI is InChI=1S/C23H29N5O7/c1-7-23(32)21(28-8-13(17(25)29)15-16(24)26-10-27-18(15)28)34-14(9-33-19(30)11(2)3)22(23,6)35-20(31)12(4)5/h1,8,10-12,14,21,32H,9H2,2-6H3,(H2,25,29)(H2,24,26,27)/t14-,21-,22-,23+/m1/s1. The predicted octanol–water partition coefficient (Wildman–Crippen LogP) is 0.531. The van der Waals surface area contributed by atoms with Gasteiger partial charge in [0.25, 0.3) is 5.91 Å². The molecule has 0 spiro atoms. The second kappa shape index (κ2) is 9.16. The van der Waals surface area contributed by atoms with Crippen LogP contribution in [-0.2, 0) is 23.8 Å². The van der Waals surface area contributed by atoms with Crippen LogP contribution in [0.5, 0.6) is 0 Å². The summed E-state index contributed by atoms with van der Waals surface area (Å²) in [6.07, 6.45) is 5.59. The van der Waals surface area contributed by atoms with Crippen LogP contribution in [0.2, 0.25) is 0 Å². The number of carbonyl (C=O) groups excluding carboxylic acids is 3. The first kappa shape index (κ1) is 25.9. The number of amides is 1. The summed E-state index contributed by atoms with van der Waals surface area (Å²) in [5.41, 5.74) is 7.37. The van der Waals surface area contributed by atoms with Crippen molar-refractivity contribution in [2.75, 3.05) is 12.3 Å². The number of nitrogen functional groups attached to an aromatic ring is 1. The van der Waals surface area contributed by atoms with Crippen LogP contribution in [-0.4, -0.2) is 61.4 Å². The van der Waals surface area contributed by atoms with Gasteiger partial charge in [0.2, 0.25) is 5.60 Å². The predicted molar refractivity (Wildman–Crippen MR) is 123 cm³/mol. The molecule has 2 aromatic heterocycles. The van der Waals surface area contributed by atoms with Crippen molar-refractivity contribution in [3.63, 3.8) is 0 Å². The first-order chi connectivity index (χ1) is 16.3. The Kier molecular flexibility index (Phi) is 6.79. The van der Waals surface area contributed by atoms with Gasteiger partial charge in [-0.05, 0) is 6.92 Å². The Bertz CT molecular complexity index is 1220. The van der Waals surface area contributed by atoms with E-state index in [2.05, 4.69) is 15.9 Å². The zero-order valence-electron chi connectivity index (χ0n) is 20.1. The number of primary amides is 1. The lowest BCUT2D eigenvalue weighted by Gasteiger charge is -2.38. The fourth-order valence-electron chi connectivity index (χ4n) is 3.82. The molecule has 1 saturated heterocycles. The minimum Gasteiger partial charge on any atom is -0.463 e. The highest BCUT2D eigenvalue weighted by Crippen LogP contribution is 2.49. The van der Waals surface area contributed by atoms with Crippen molar-refractivity contribution >= 4 is 34.7 Å². The summed E-state index contributed by atoms with van der Waals surface area (Å²) in [4.78, 5) is 44.9. The van der Waals surface area contributed by atoms with Crippen molar-refractivity contribution in [3.8, 4) is 12.3 Å². The topological polar surface area (TPSA) is 182 Å². The van der Waals surface area contributed by atoms with E-state index in [-0.39, 0.29) is 29.0 Å². The van der Waals surface area contributed by atoms with Gasteiger partial charge in [-0.2, -0.15) is 0 Å². The Balaban J connectivity index is 2.18. The molecular weight excluding hydrogens is 458 g/mol. The van der Waals surface area contributed by atoms with E-state index in [9.17, 15) is 19.5 Å². The first-order valence-electron chi connectivity index (χ1n) is 10.9. The molecule has 35 heavy (non-hydrogen) atoms. The van der Waals surface area contributed by atoms with E-state index in [4.69, 9.17) is 32.1 Å². The molecule has 3 heterocycles. The average molecular weight is 488 g/mol. The number of nitrogens with zero attached hydrogens (tertiary/aromatic N) is 3. The van der Waals surface area contributed by atoms with Crippen molar-refractivity contribution in [2.45, 2.75) is 58.2 Å². The van der Waals surface area contributed by atoms with Crippen molar-refractivity contribution < 1.29 is 33.7 Å². The Morgan fingerprint density at radius 1 is 1.26 bits per heavy atom. The molecule has 4 atom stereocenters. The number of fused-ring (bicyclic) bond motifs is 1. The monoisotopic (exact) mass is 487 g/mol. The van der Waals surface area contributed by atoms with Crippen LogP contribution in [0.1, 0.15) is 51.2 Å². The van der Waals surface area contributed by atoms with E-state index in [0.717, 1.165) is 6.33 Å². The fourth-order valence-corrected chi connectivity index (χ4v) is 3.82. The molecule has 1 aliphatic heterocycles. The number of aromatic nitrogens is 3. The maximum Gasteiger partial charge on any atom is 0.309 e. The highest BCUT2D eigenvalue weighted by Gasteiger charge is 2.67. The molecule has 0 unspecified atom stereocenters. The molecule has 0 aliphatic carbocycles. The lowest BCUT2D eigenvalue weighted by Crippen LogP contribution is -2.59. The van der Waals surface area contributed by atoms with Crippen LogP contribution in [0.15, 0.2) is 12.5 Å². The van der Waals surface area contributed by atoms with Gasteiger partial charge in [-0.3, -0.25) is 14.4 Å². The molecule has 1 aliphatic rings. The molecule has 12 heteroatoms. The maximum atomic E-state index is 12.6. The summed E-state index contributed by atoms with van der Waals surface area (Å²) in [5.74, 6) is -0.752. The van der Waals surface area contributed by atoms with E-state index in [1.54, 1.807) is 27.7 Å². The summed E-state index contributed by atoms with van der Waals surface area (Å²) >= 11 is 0. The summed E-state index contributed by atoms with van der Waals surface area (Å²) in [5, 5.41) is 11.9. The Labute approximate surface area is 201 Å². The van der Waals surface area contributed by atoms with E-state index < -0.39 is 53.2 Å². The Morgan fingerprint density at radius 3 is 2.43 bits per heavy atom. The van der Waals surface area contributed by atoms with Crippen LogP contribution in [0.25, 0.3) is 11.0 Å². The van der Waals surface area contributed by atoms with Crippen molar-refractivity contribution in [2.24, 2.45) is 17.6 Å². The van der Waals surface area contributed by atoms with Gasteiger partial charge in [-0.15, -0.1) is 6.42 Å². The van der Waals surface area contributed by atoms with Gasteiger partial charge < -0.3 is 35.4 Å². The average Bonchev–Trinajstić information content (AvgIpc) is 3.27. The first-order valence-corrected chi connectivity index (χ1v) is 10.9. The summed E-state index contributed by atoms with van der Waals surface area (Å²) in [6, 6.07) is 0. The molecule has 5 N–H and O–H groups in total. The van der Waals surface area contributed by atoms with Crippen LogP contribution in [0.3, 0.4) is 0 Å². The van der Waals surface area contributed by atoms with Crippen LogP contribution >= 0.6 is 0 Å². The van der Waals surface area contributed by atoms with Gasteiger partial charge in [0.1, 0.15) is 30.5 Å². The van der Waals surface area contributed by atoms with Crippen molar-refractivity contribution in [1.82, 2.24) is 14.5 Å². The molecule has 12 nitrogen and oxygen atoms in total. The van der Waals surface area contributed by atoms with Gasteiger partial charge in [0, 0.05) is 6.20 Å². The molecule has 2 aromatic rings. The third kappa shape index (κ3) is 4.17. The normalized spacial score (nSPS) is 26.1. The van der Waals surface area contributed by atoms with Crippen molar-refractivity contribution in [3.05, 3.63) is 18.1 Å². The third-order valence-corrected chi connectivity index (χ3v) is 6.03. The molecule has 188 valence electrons. The molecule has 0 saturated carbocycles. The number of rotatable bonds is 7. The lowest BCUT2D eigenvalue weighted by molar-refractivity contribution is -0.188. The number of ether oxygens (including phenoxy) is 3. The molecular formula is C23H29N5O7. The van der Waals surface area contributed by atoms with E-state index in [0.29, 0.717) is 0 Å². The van der Waals surface area contributed by atoms with E-state index in [1.165, 1.54) is 17.7 Å². The Morgan fingerprint density at radius 2 is 1.89 bits per heavy atom. The van der Waals surface area contributed by atoms with Gasteiger partial charge in [0.15, 0.2) is 11.8 Å². The number of anilines is 1. The second-order valence-corrected chi connectivity index (χ2v) is 9.13. The minimum absolute atomic E-state index is 0.0267. The van der Waals surface area contributed by atoms with E-state index in [1.807, 2.05) is 0 Å². The van der Waals surface area contributed by atoms with Crippen LogP contribution in [0, 0.1) is 24.2 Å². The number of nitrogens with two attached hydrogens (primary N) is 2. The number of carbonyl (C=O) groups is 3. The Hall–Kier alpha value is -3.69. The van der Waals surface area contributed by atoms with Crippen LogP contribution in [0.4, 0.5) is 5.82 Å². The summed E-state index contributed by atoms with van der Waals surface area (Å²) in [6.45, 7) is 7.54. The highest BCUT2D eigenvalue weighted by molar-refractivity contribution is 6.08. The molecule has 1 amide bonds. The number of hydrogen-bond acceptors (Lipinski definition) is 10. The smallest absolute Gasteiger partial charge is 0.309 e. The second-order valence-electron chi connectivity index (χ2n) is 9.13. The van der Waals surface area contributed by atoms with Gasteiger partial charge in [-0.1, -0.05) is 33.6 Å². The lowest BCUT2D eigenvalue weighted by atomic mass is 9.81. The van der Waals surface area contributed by atoms with Crippen LogP contribution < -0.4 is 11.5 Å². The number of hydrogen-bond donors (Lipinski definition) is 3. The number of terminal acetylenes is 1. The van der Waals surface area contributed by atoms with Crippen molar-refractivity contribution in [1.29, 1.82) is 0 Å². The van der Waals surface area contributed by atoms with Gasteiger partial charge >= 0.3 is 11.9 Å². The third-order valence-electron chi connectivity index (χ3n) is 6.03. The van der Waals surface area contributed by atoms with E-state index >= 15 is 0 Å². The molecule has 0 aromatic carbocycles. The summed E-state index contributed by atoms with van der Waals surface area (Å²) < 4.78 is 18.4. The molecule has 0 radical (unpaired) electrons. The minimum atomic E-state index is -2.30. The quantitative estimate of drug-likeness (QED) is 0.368. The van der Waals surface area contributed by atoms with Gasteiger partial charge in [0.05, 0.1) is 22.8 Å². The summed E-state index contributed by atoms with van der Waals surface area (Å²) in [7, 11) is 0. The highest BCUT2D eigenvalue weighted by atomic mass is 16.6. The largest absolute Gasteiger partial charge is 0.463 e. The number of aliphatic hydroxyl groups is 1. The molecule has 1 fully saturated rings. The SMILES string of the molecule is C#C[C@]1(O)[C@H](n2cc(C(N)=O)c3c(N)ncnc32)O[C@H](COC(=O)C(C)C)[C@@]1(C)OC(=O)C(C)C. The zero-order chi connectivity index (χ0) is 26.3.